The molecule has 1 aromatic heterocycles. The second kappa shape index (κ2) is 5.93. The largest absolute Gasteiger partial charge is 0.390 e. The van der Waals surface area contributed by atoms with Gasteiger partial charge in [0.1, 0.15) is 5.82 Å². The number of rotatable bonds is 4. The quantitative estimate of drug-likeness (QED) is 0.755. The smallest absolute Gasteiger partial charge is 0.222 e. The molecule has 6 nitrogen and oxygen atoms in total. The van der Waals surface area contributed by atoms with Crippen molar-refractivity contribution in [3.8, 4) is 0 Å². The maximum Gasteiger partial charge on any atom is 0.222 e. The number of nitrogens with zero attached hydrogens (tertiary/aromatic N) is 3. The zero-order valence-corrected chi connectivity index (χ0v) is 12.7. The van der Waals surface area contributed by atoms with E-state index in [1.807, 2.05) is 6.92 Å². The van der Waals surface area contributed by atoms with E-state index in [1.165, 1.54) is 0 Å². The maximum absolute atomic E-state index is 10.2. The Morgan fingerprint density at radius 1 is 1.40 bits per heavy atom. The normalized spacial score (nSPS) is 23.5. The van der Waals surface area contributed by atoms with Crippen molar-refractivity contribution >= 4 is 11.8 Å². The molecule has 1 saturated heterocycles. The monoisotopic (exact) mass is 279 g/mol. The molecule has 0 spiro atoms. The van der Waals surface area contributed by atoms with Crippen LogP contribution in [-0.2, 0) is 6.42 Å². The van der Waals surface area contributed by atoms with Crippen LogP contribution < -0.4 is 11.1 Å². The van der Waals surface area contributed by atoms with Gasteiger partial charge in [-0.15, -0.1) is 0 Å². The van der Waals surface area contributed by atoms with Gasteiger partial charge in [0, 0.05) is 30.4 Å². The average molecular weight is 279 g/mol. The molecular formula is C14H25N5O. The summed E-state index contributed by atoms with van der Waals surface area (Å²) in [7, 11) is 0. The molecule has 20 heavy (non-hydrogen) atoms. The number of hydrogen-bond acceptors (Lipinski definition) is 6. The second-order valence-corrected chi connectivity index (χ2v) is 5.71. The Morgan fingerprint density at radius 2 is 2.10 bits per heavy atom. The number of aryl methyl sites for hydroxylation is 1. The molecule has 2 heterocycles. The number of β-amino-alcohol motifs (C(OH)–C–C–N with tert-alkyl or cyclic N) is 1. The average Bonchev–Trinajstić information content (AvgIpc) is 2.71. The molecule has 1 aliphatic heterocycles. The summed E-state index contributed by atoms with van der Waals surface area (Å²) >= 11 is 0. The fourth-order valence-corrected chi connectivity index (χ4v) is 2.72. The summed E-state index contributed by atoms with van der Waals surface area (Å²) in [6, 6.07) is 0.413. The fraction of sp³-hybridized carbons (Fsp3) is 0.714. The highest BCUT2D eigenvalue weighted by Crippen LogP contribution is 2.22. The highest BCUT2D eigenvalue weighted by Gasteiger charge is 2.33. The van der Waals surface area contributed by atoms with Crippen molar-refractivity contribution < 1.29 is 5.11 Å². The van der Waals surface area contributed by atoms with Crippen molar-refractivity contribution in [2.45, 2.75) is 52.3 Å². The Morgan fingerprint density at radius 3 is 2.65 bits per heavy atom. The first-order valence-electron chi connectivity index (χ1n) is 7.24. The Hall–Kier alpha value is -1.40. The number of hydrogen-bond donors (Lipinski definition) is 3. The highest BCUT2D eigenvalue weighted by molar-refractivity contribution is 5.50. The third-order valence-electron chi connectivity index (χ3n) is 3.95. The number of aliphatic hydroxyl groups is 1. The highest BCUT2D eigenvalue weighted by atomic mass is 16.3. The number of nitrogens with one attached hydrogen (secondary N) is 1. The van der Waals surface area contributed by atoms with Crippen LogP contribution in [0.15, 0.2) is 0 Å². The molecule has 112 valence electrons. The third-order valence-corrected chi connectivity index (χ3v) is 3.95. The lowest BCUT2D eigenvalue weighted by atomic mass is 10.1. The van der Waals surface area contributed by atoms with E-state index in [1.54, 1.807) is 0 Å². The first-order valence-corrected chi connectivity index (χ1v) is 7.24. The number of nitrogen functional groups attached to an aromatic ring is 1. The molecule has 0 unspecified atom stereocenters. The molecule has 0 amide bonds. The van der Waals surface area contributed by atoms with E-state index in [-0.39, 0.29) is 12.0 Å². The number of nitrogens with two attached hydrogens (primary N) is 1. The van der Waals surface area contributed by atoms with E-state index in [0.29, 0.717) is 12.6 Å². The molecular weight excluding hydrogens is 254 g/mol. The van der Waals surface area contributed by atoms with Crippen LogP contribution in [0, 0.1) is 6.92 Å². The van der Waals surface area contributed by atoms with Gasteiger partial charge >= 0.3 is 0 Å². The first kappa shape index (κ1) is 15.0. The van der Waals surface area contributed by atoms with E-state index in [9.17, 15) is 5.11 Å². The van der Waals surface area contributed by atoms with Gasteiger partial charge in [-0.1, -0.05) is 6.92 Å². The van der Waals surface area contributed by atoms with Crippen LogP contribution in [0.3, 0.4) is 0 Å². The van der Waals surface area contributed by atoms with Crippen LogP contribution in [0.5, 0.6) is 0 Å². The SMILES string of the molecule is CCc1c(C)nc(N)nc1N[C@H]1CN(C(C)C)C[C@@H]1O. The summed E-state index contributed by atoms with van der Waals surface area (Å²) in [5.74, 6) is 1.03. The third kappa shape index (κ3) is 3.02. The molecule has 2 rings (SSSR count). The van der Waals surface area contributed by atoms with Crippen LogP contribution in [0.1, 0.15) is 32.0 Å². The van der Waals surface area contributed by atoms with Gasteiger partial charge in [-0.3, -0.25) is 4.90 Å². The van der Waals surface area contributed by atoms with E-state index < -0.39 is 6.10 Å². The number of anilines is 2. The molecule has 0 radical (unpaired) electrons. The predicted molar refractivity (Wildman–Crippen MR) is 80.7 cm³/mol. The van der Waals surface area contributed by atoms with Crippen molar-refractivity contribution in [2.75, 3.05) is 24.1 Å². The molecule has 4 N–H and O–H groups in total. The number of aromatic nitrogens is 2. The van der Waals surface area contributed by atoms with Crippen LogP contribution in [0.4, 0.5) is 11.8 Å². The minimum atomic E-state index is -0.390. The van der Waals surface area contributed by atoms with E-state index in [2.05, 4.69) is 41.0 Å². The summed E-state index contributed by atoms with van der Waals surface area (Å²) in [6.07, 6.45) is 0.448. The topological polar surface area (TPSA) is 87.3 Å². The fourth-order valence-electron chi connectivity index (χ4n) is 2.72. The molecule has 1 aromatic rings. The number of likely N-dealkylation sites (tertiary alicyclic amines) is 1. The standard InChI is InChI=1S/C14H25N5O/c1-5-10-9(4)16-14(15)18-13(10)17-11-6-19(8(2)3)7-12(11)20/h8,11-12,20H,5-7H2,1-4H3,(H3,15,16,17,18)/t11-,12-/m0/s1. The Bertz CT molecular complexity index is 477. The van der Waals surface area contributed by atoms with Crippen molar-refractivity contribution in [2.24, 2.45) is 0 Å². The van der Waals surface area contributed by atoms with Gasteiger partial charge in [-0.2, -0.15) is 4.98 Å². The van der Waals surface area contributed by atoms with E-state index in [0.717, 1.165) is 30.0 Å². The molecule has 2 atom stereocenters. The van der Waals surface area contributed by atoms with E-state index in [4.69, 9.17) is 5.73 Å². The minimum absolute atomic E-state index is 0.0172. The van der Waals surface area contributed by atoms with Crippen LogP contribution in [0.25, 0.3) is 0 Å². The van der Waals surface area contributed by atoms with Gasteiger partial charge in [0.2, 0.25) is 5.95 Å². The maximum atomic E-state index is 10.2. The van der Waals surface area contributed by atoms with E-state index >= 15 is 0 Å². The van der Waals surface area contributed by atoms with Crippen LogP contribution >= 0.6 is 0 Å². The Balaban J connectivity index is 2.18. The Labute approximate surface area is 120 Å². The van der Waals surface area contributed by atoms with Gasteiger partial charge in [0.25, 0.3) is 0 Å². The lowest BCUT2D eigenvalue weighted by Crippen LogP contribution is -2.33. The minimum Gasteiger partial charge on any atom is -0.390 e. The molecule has 0 aliphatic carbocycles. The van der Waals surface area contributed by atoms with Crippen molar-refractivity contribution in [1.82, 2.24) is 14.9 Å². The van der Waals surface area contributed by atoms with Gasteiger partial charge in [0.15, 0.2) is 0 Å². The summed E-state index contributed by atoms with van der Waals surface area (Å²) in [6.45, 7) is 9.78. The molecule has 1 aliphatic rings. The van der Waals surface area contributed by atoms with Crippen molar-refractivity contribution in [3.63, 3.8) is 0 Å². The molecule has 0 aromatic carbocycles. The summed E-state index contributed by atoms with van der Waals surface area (Å²) in [5.41, 5.74) is 7.70. The molecule has 0 bridgehead atoms. The van der Waals surface area contributed by atoms with Crippen LogP contribution in [0.2, 0.25) is 0 Å². The lowest BCUT2D eigenvalue weighted by molar-refractivity contribution is 0.161. The zero-order valence-electron chi connectivity index (χ0n) is 12.7. The van der Waals surface area contributed by atoms with Crippen molar-refractivity contribution in [1.29, 1.82) is 0 Å². The first-order chi connectivity index (χ1) is 9.42. The van der Waals surface area contributed by atoms with Gasteiger partial charge in [0.05, 0.1) is 12.1 Å². The molecule has 0 saturated carbocycles. The second-order valence-electron chi connectivity index (χ2n) is 5.71. The van der Waals surface area contributed by atoms with Gasteiger partial charge < -0.3 is 16.2 Å². The summed E-state index contributed by atoms with van der Waals surface area (Å²) in [4.78, 5) is 10.7. The number of aliphatic hydroxyl groups excluding tert-OH is 1. The molecule has 6 heteroatoms. The van der Waals surface area contributed by atoms with Crippen molar-refractivity contribution in [3.05, 3.63) is 11.3 Å². The van der Waals surface area contributed by atoms with Crippen LogP contribution in [-0.4, -0.2) is 51.3 Å². The summed E-state index contributed by atoms with van der Waals surface area (Å²) in [5, 5.41) is 13.5. The van der Waals surface area contributed by atoms with Gasteiger partial charge in [-0.25, -0.2) is 4.98 Å². The summed E-state index contributed by atoms with van der Waals surface area (Å²) < 4.78 is 0. The zero-order chi connectivity index (χ0) is 14.9. The van der Waals surface area contributed by atoms with Gasteiger partial charge in [-0.05, 0) is 27.2 Å². The molecule has 1 fully saturated rings. The lowest BCUT2D eigenvalue weighted by Gasteiger charge is -2.21. The predicted octanol–water partition coefficient (Wildman–Crippen LogP) is 0.795. The Kier molecular flexibility index (Phi) is 4.45.